The van der Waals surface area contributed by atoms with Crippen LogP contribution in [0.5, 0.6) is 5.75 Å². The van der Waals surface area contributed by atoms with Crippen molar-refractivity contribution in [2.24, 2.45) is 0 Å². The molecule has 1 fully saturated rings. The van der Waals surface area contributed by atoms with Crippen LogP contribution in [0.3, 0.4) is 0 Å². The van der Waals surface area contributed by atoms with Gasteiger partial charge in [0.05, 0.1) is 37.7 Å². The third-order valence-corrected chi connectivity index (χ3v) is 8.48. The fraction of sp³-hybridized carbons (Fsp3) is 0.514. The summed E-state index contributed by atoms with van der Waals surface area (Å²) in [5, 5.41) is 13.2. The molecule has 2 N–H and O–H groups in total. The first kappa shape index (κ1) is 35.3. The topological polar surface area (TPSA) is 130 Å². The zero-order chi connectivity index (χ0) is 34.6. The van der Waals surface area contributed by atoms with Crippen LogP contribution >= 0.6 is 0 Å². The normalized spacial score (nSPS) is 16.3. The van der Waals surface area contributed by atoms with Crippen LogP contribution < -0.4 is 4.74 Å². The van der Waals surface area contributed by atoms with Gasteiger partial charge in [0.2, 0.25) is 0 Å². The number of carbonyl (C=O) groups excluding carboxylic acids is 2. The number of β-amino-alcohol motifs (C(OH)–C–C–N with tert-alkyl or cyclic N) is 1. The molecule has 258 valence electrons. The van der Waals surface area contributed by atoms with Crippen molar-refractivity contribution in [3.8, 4) is 5.75 Å². The molecule has 3 aromatic heterocycles. The molecular weight excluding hydrogens is 610 g/mol. The van der Waals surface area contributed by atoms with Gasteiger partial charge in [-0.1, -0.05) is 0 Å². The molecule has 1 aliphatic heterocycles. The molecule has 0 spiro atoms. The molecule has 48 heavy (non-hydrogen) atoms. The molecule has 0 bridgehead atoms. The Hall–Kier alpha value is -4.06. The van der Waals surface area contributed by atoms with Gasteiger partial charge in [-0.2, -0.15) is 0 Å². The van der Waals surface area contributed by atoms with E-state index in [9.17, 15) is 14.7 Å². The maximum Gasteiger partial charge on any atom is 0.320 e. The maximum absolute atomic E-state index is 13.4. The minimum atomic E-state index is -0.726. The van der Waals surface area contributed by atoms with E-state index in [0.717, 1.165) is 40.4 Å². The predicted octanol–water partition coefficient (Wildman–Crippen LogP) is 5.73. The van der Waals surface area contributed by atoms with Crippen LogP contribution in [0.15, 0.2) is 54.9 Å². The van der Waals surface area contributed by atoms with Crippen molar-refractivity contribution in [3.63, 3.8) is 0 Å². The highest BCUT2D eigenvalue weighted by Crippen LogP contribution is 2.34. The van der Waals surface area contributed by atoms with E-state index < -0.39 is 23.3 Å². The van der Waals surface area contributed by atoms with Gasteiger partial charge < -0.3 is 29.2 Å². The van der Waals surface area contributed by atoms with E-state index in [4.69, 9.17) is 14.2 Å². The first-order valence-corrected chi connectivity index (χ1v) is 16.7. The summed E-state index contributed by atoms with van der Waals surface area (Å²) in [4.78, 5) is 43.4. The number of rotatable bonds is 11. The van der Waals surface area contributed by atoms with Crippen LogP contribution in [0.2, 0.25) is 0 Å². The summed E-state index contributed by atoms with van der Waals surface area (Å²) in [6, 6.07) is 12.8. The Morgan fingerprint density at radius 2 is 1.69 bits per heavy atom. The van der Waals surface area contributed by atoms with Crippen LogP contribution in [0, 0.1) is 0 Å². The Labute approximate surface area is 282 Å². The van der Waals surface area contributed by atoms with Gasteiger partial charge in [-0.25, -0.2) is 4.98 Å². The lowest BCUT2D eigenvalue weighted by molar-refractivity contribution is -0.162. The van der Waals surface area contributed by atoms with Gasteiger partial charge in [-0.15, -0.1) is 0 Å². The maximum atomic E-state index is 13.4. The molecule has 1 saturated heterocycles. The first-order valence-electron chi connectivity index (χ1n) is 16.7. The van der Waals surface area contributed by atoms with Gasteiger partial charge in [-0.05, 0) is 116 Å². The van der Waals surface area contributed by atoms with Gasteiger partial charge in [0, 0.05) is 41.4 Å². The summed E-state index contributed by atoms with van der Waals surface area (Å²) in [5.41, 5.74) is 1.79. The van der Waals surface area contributed by atoms with Crippen molar-refractivity contribution in [1.82, 2.24) is 24.8 Å². The molecule has 0 radical (unpaired) electrons. The number of nitrogens with one attached hydrogen (secondary N) is 1. The Balaban J connectivity index is 1.38. The summed E-state index contributed by atoms with van der Waals surface area (Å²) in [5.74, 6) is 0.000337. The van der Waals surface area contributed by atoms with Crippen molar-refractivity contribution < 1.29 is 28.9 Å². The minimum Gasteiger partial charge on any atom is -0.497 e. The summed E-state index contributed by atoms with van der Waals surface area (Å²) in [6.45, 7) is 12.9. The average Bonchev–Trinajstić information content (AvgIpc) is 3.45. The SMILES string of the molecule is COc1ccc2nccc([C@@H](O)CN3CCC(N(CC(=O)OC(C)(C)C)C(CC(=O)OC(C)(C)C)c4cc5cccnc5[nH]4)CC3)c2c1. The molecule has 0 aliphatic carbocycles. The highest BCUT2D eigenvalue weighted by atomic mass is 16.6. The van der Waals surface area contributed by atoms with Crippen LogP contribution in [0.1, 0.15) is 84.2 Å². The zero-order valence-electron chi connectivity index (χ0n) is 29.2. The second-order valence-electron chi connectivity index (χ2n) is 14.6. The van der Waals surface area contributed by atoms with Crippen molar-refractivity contribution in [1.29, 1.82) is 0 Å². The molecule has 4 aromatic rings. The van der Waals surface area contributed by atoms with Gasteiger partial charge in [-0.3, -0.25) is 19.5 Å². The number of methoxy groups -OCH3 is 1. The number of aliphatic hydroxyl groups is 1. The second-order valence-corrected chi connectivity index (χ2v) is 14.6. The summed E-state index contributed by atoms with van der Waals surface area (Å²) in [7, 11) is 1.62. The van der Waals surface area contributed by atoms with E-state index in [2.05, 4.69) is 24.8 Å². The van der Waals surface area contributed by atoms with Gasteiger partial charge in [0.25, 0.3) is 0 Å². The fourth-order valence-corrected chi connectivity index (χ4v) is 6.46. The highest BCUT2D eigenvalue weighted by molar-refractivity contribution is 5.84. The number of benzene rings is 1. The Morgan fingerprint density at radius 3 is 2.35 bits per heavy atom. The number of esters is 2. The quantitative estimate of drug-likeness (QED) is 0.193. The largest absolute Gasteiger partial charge is 0.497 e. The molecule has 11 heteroatoms. The number of nitrogens with zero attached hydrogens (tertiary/aromatic N) is 4. The summed E-state index contributed by atoms with van der Waals surface area (Å²) in [6.07, 6.45) is 4.21. The molecule has 5 rings (SSSR count). The number of aromatic nitrogens is 3. The molecule has 1 aromatic carbocycles. The fourth-order valence-electron chi connectivity index (χ4n) is 6.46. The summed E-state index contributed by atoms with van der Waals surface area (Å²) < 4.78 is 17.0. The molecule has 4 heterocycles. The van der Waals surface area contributed by atoms with Crippen molar-refractivity contribution in [2.45, 2.75) is 90.2 Å². The number of carbonyl (C=O) groups is 2. The van der Waals surface area contributed by atoms with E-state index in [1.807, 2.05) is 84.0 Å². The first-order chi connectivity index (χ1) is 22.7. The van der Waals surface area contributed by atoms with Gasteiger partial charge in [0.1, 0.15) is 22.6 Å². The second kappa shape index (κ2) is 14.6. The molecule has 1 aliphatic rings. The van der Waals surface area contributed by atoms with Crippen molar-refractivity contribution in [3.05, 3.63) is 66.1 Å². The lowest BCUT2D eigenvalue weighted by Crippen LogP contribution is -2.50. The standard InChI is InChI=1S/C37H49N5O6/c1-36(2,3)47-33(44)21-31(30-19-24-9-8-15-39-35(24)40-30)42(23-34(45)48-37(4,5)6)25-13-17-41(18-14-25)22-32(43)27-12-16-38-29-11-10-26(46-7)20-28(27)29/h8-12,15-16,19-20,25,31-32,43H,13-14,17-18,21-23H2,1-7H3,(H,39,40)/t31?,32-/m0/s1. The van der Waals surface area contributed by atoms with Gasteiger partial charge in [0.15, 0.2) is 0 Å². The number of aromatic amines is 1. The molecule has 11 nitrogen and oxygen atoms in total. The summed E-state index contributed by atoms with van der Waals surface area (Å²) >= 11 is 0. The average molecular weight is 660 g/mol. The monoisotopic (exact) mass is 659 g/mol. The Kier molecular flexibility index (Phi) is 10.7. The smallest absolute Gasteiger partial charge is 0.320 e. The number of aliphatic hydroxyl groups excluding tert-OH is 1. The lowest BCUT2D eigenvalue weighted by atomic mass is 9.97. The number of hydrogen-bond acceptors (Lipinski definition) is 10. The van der Waals surface area contributed by atoms with E-state index in [1.165, 1.54) is 0 Å². The van der Waals surface area contributed by atoms with Crippen LogP contribution in [0.4, 0.5) is 0 Å². The Bertz CT molecular complexity index is 1680. The zero-order valence-corrected chi connectivity index (χ0v) is 29.2. The molecular formula is C37H49N5O6. The lowest BCUT2D eigenvalue weighted by Gasteiger charge is -2.42. The molecule has 1 unspecified atom stereocenters. The number of piperidine rings is 1. The number of ether oxygens (including phenoxy) is 3. The number of likely N-dealkylation sites (tertiary alicyclic amines) is 1. The Morgan fingerprint density at radius 1 is 0.979 bits per heavy atom. The molecule has 0 saturated carbocycles. The minimum absolute atomic E-state index is 0.00561. The van der Waals surface area contributed by atoms with Gasteiger partial charge >= 0.3 is 11.9 Å². The van der Waals surface area contributed by atoms with E-state index in [0.29, 0.717) is 31.0 Å². The van der Waals surface area contributed by atoms with E-state index in [-0.39, 0.29) is 30.9 Å². The molecule has 0 amide bonds. The third kappa shape index (κ3) is 9.09. The highest BCUT2D eigenvalue weighted by Gasteiger charge is 2.36. The number of pyridine rings is 2. The van der Waals surface area contributed by atoms with E-state index >= 15 is 0 Å². The van der Waals surface area contributed by atoms with E-state index in [1.54, 1.807) is 19.5 Å². The number of fused-ring (bicyclic) bond motifs is 2. The third-order valence-electron chi connectivity index (χ3n) is 8.48. The van der Waals surface area contributed by atoms with Crippen LogP contribution in [0.25, 0.3) is 21.9 Å². The predicted molar refractivity (Wildman–Crippen MR) is 185 cm³/mol. The molecule has 2 atom stereocenters. The number of H-pyrrole nitrogens is 1. The van der Waals surface area contributed by atoms with Crippen molar-refractivity contribution >= 4 is 33.9 Å². The van der Waals surface area contributed by atoms with Crippen LogP contribution in [-0.4, -0.2) is 92.3 Å². The van der Waals surface area contributed by atoms with Crippen molar-refractivity contribution in [2.75, 3.05) is 33.3 Å². The van der Waals surface area contributed by atoms with Crippen LogP contribution in [-0.2, 0) is 19.1 Å². The number of hydrogen-bond donors (Lipinski definition) is 2.